The van der Waals surface area contributed by atoms with Gasteiger partial charge in [-0.3, -0.25) is 9.59 Å². The van der Waals surface area contributed by atoms with Gasteiger partial charge in [0.1, 0.15) is 5.82 Å². The van der Waals surface area contributed by atoms with E-state index in [1.165, 1.54) is 27.1 Å². The Bertz CT molecular complexity index is 1430. The fraction of sp³-hybridized carbons (Fsp3) is 0.345. The summed E-state index contributed by atoms with van der Waals surface area (Å²) in [6.45, 7) is 4.38. The highest BCUT2D eigenvalue weighted by Gasteiger charge is 2.41. The predicted molar refractivity (Wildman–Crippen MR) is 139 cm³/mol. The second-order valence-corrected chi connectivity index (χ2v) is 10.4. The van der Waals surface area contributed by atoms with Crippen LogP contribution in [0.15, 0.2) is 54.7 Å². The van der Waals surface area contributed by atoms with Crippen molar-refractivity contribution in [2.75, 3.05) is 17.3 Å². The van der Waals surface area contributed by atoms with Crippen molar-refractivity contribution in [1.82, 2.24) is 4.98 Å². The Morgan fingerprint density at radius 1 is 0.875 bits per heavy atom. The number of hydrogen-bond acceptors (Lipinski definition) is 3. The average Bonchev–Trinajstić information content (AvgIpc) is 3.72. The summed E-state index contributed by atoms with van der Waals surface area (Å²) in [5.41, 5.74) is -2.92. The lowest BCUT2D eigenvalue weighted by Gasteiger charge is -2.32. The molecule has 1 N–H and O–H groups in total. The first-order valence-corrected chi connectivity index (χ1v) is 12.4. The molecule has 11 heteroatoms. The van der Waals surface area contributed by atoms with Gasteiger partial charge in [-0.1, -0.05) is 24.3 Å². The Balaban J connectivity index is 1.78. The molecular weight excluding hydrogens is 536 g/mol. The van der Waals surface area contributed by atoms with Gasteiger partial charge in [-0.05, 0) is 74.6 Å². The van der Waals surface area contributed by atoms with E-state index in [4.69, 9.17) is 0 Å². The molecule has 1 aliphatic rings. The van der Waals surface area contributed by atoms with Crippen LogP contribution in [0.2, 0.25) is 0 Å². The number of anilines is 2. The van der Waals surface area contributed by atoms with E-state index in [1.807, 2.05) is 19.1 Å². The maximum Gasteiger partial charge on any atom is 0.416 e. The molecule has 212 valence electrons. The van der Waals surface area contributed by atoms with Gasteiger partial charge in [0.15, 0.2) is 0 Å². The van der Waals surface area contributed by atoms with E-state index in [-0.39, 0.29) is 29.4 Å². The third kappa shape index (κ3) is 5.97. The van der Waals surface area contributed by atoms with Crippen molar-refractivity contribution in [2.45, 2.75) is 51.4 Å². The Kier molecular flexibility index (Phi) is 7.46. The van der Waals surface area contributed by atoms with E-state index in [2.05, 4.69) is 10.3 Å². The number of carbonyl (C=O) groups excluding carboxylic acids is 2. The Hall–Kier alpha value is -3.89. The normalized spacial score (nSPS) is 14.2. The number of carbonyl (C=O) groups is 2. The number of nitrogens with zero attached hydrogens (tertiary/aromatic N) is 2. The molecule has 2 amide bonds. The SMILES string of the molecule is Cc1ccccc1-c1cc(NC(=O)C2CC2)ncc1N(C)C(=O)C(C)(C)c1cc(C(F)(F)F)cc(C(F)(F)F)c1. The minimum atomic E-state index is -5.05. The van der Waals surface area contributed by atoms with Gasteiger partial charge in [-0.2, -0.15) is 26.3 Å². The molecule has 0 spiro atoms. The Morgan fingerprint density at radius 2 is 1.43 bits per heavy atom. The zero-order chi connectivity index (χ0) is 29.6. The highest BCUT2D eigenvalue weighted by molar-refractivity contribution is 6.04. The Morgan fingerprint density at radius 3 is 1.95 bits per heavy atom. The van der Waals surface area contributed by atoms with Crippen molar-refractivity contribution in [1.29, 1.82) is 0 Å². The molecular formula is C29H27F6N3O2. The number of rotatable bonds is 6. The fourth-order valence-electron chi connectivity index (χ4n) is 4.42. The van der Waals surface area contributed by atoms with E-state index in [9.17, 15) is 35.9 Å². The number of benzene rings is 2. The minimum Gasteiger partial charge on any atom is -0.313 e. The van der Waals surface area contributed by atoms with Crippen LogP contribution >= 0.6 is 0 Å². The summed E-state index contributed by atoms with van der Waals surface area (Å²) in [7, 11) is 1.38. The van der Waals surface area contributed by atoms with Crippen LogP contribution in [0, 0.1) is 12.8 Å². The molecule has 5 nitrogen and oxygen atoms in total. The van der Waals surface area contributed by atoms with Crippen LogP contribution in [0.1, 0.15) is 48.9 Å². The van der Waals surface area contributed by atoms with Gasteiger partial charge < -0.3 is 10.2 Å². The van der Waals surface area contributed by atoms with Gasteiger partial charge in [-0.25, -0.2) is 4.98 Å². The fourth-order valence-corrected chi connectivity index (χ4v) is 4.42. The maximum absolute atomic E-state index is 13.8. The summed E-state index contributed by atoms with van der Waals surface area (Å²) in [6, 6.07) is 10.0. The number of amides is 2. The van der Waals surface area contributed by atoms with E-state index in [0.717, 1.165) is 23.3 Å². The number of halogens is 6. The lowest BCUT2D eigenvalue weighted by molar-refractivity contribution is -0.143. The molecule has 40 heavy (non-hydrogen) atoms. The molecule has 1 aromatic heterocycles. The molecule has 0 radical (unpaired) electrons. The van der Waals surface area contributed by atoms with Gasteiger partial charge in [0.05, 0.1) is 28.4 Å². The average molecular weight is 564 g/mol. The smallest absolute Gasteiger partial charge is 0.313 e. The van der Waals surface area contributed by atoms with Crippen LogP contribution in [-0.4, -0.2) is 23.8 Å². The molecule has 2 aromatic carbocycles. The number of nitrogens with one attached hydrogen (secondary N) is 1. The highest BCUT2D eigenvalue weighted by atomic mass is 19.4. The molecule has 3 aromatic rings. The lowest BCUT2D eigenvalue weighted by atomic mass is 9.81. The predicted octanol–water partition coefficient (Wildman–Crippen LogP) is 7.38. The summed E-state index contributed by atoms with van der Waals surface area (Å²) in [4.78, 5) is 31.5. The van der Waals surface area contributed by atoms with Crippen LogP contribution in [0.5, 0.6) is 0 Å². The third-order valence-corrected chi connectivity index (χ3v) is 7.03. The summed E-state index contributed by atoms with van der Waals surface area (Å²) in [5.74, 6) is -0.757. The molecule has 0 saturated heterocycles. The van der Waals surface area contributed by atoms with Gasteiger partial charge in [-0.15, -0.1) is 0 Å². The van der Waals surface area contributed by atoms with E-state index in [0.29, 0.717) is 23.3 Å². The second-order valence-electron chi connectivity index (χ2n) is 10.4. The van der Waals surface area contributed by atoms with Crippen molar-refractivity contribution in [2.24, 2.45) is 5.92 Å². The van der Waals surface area contributed by atoms with Crippen molar-refractivity contribution < 1.29 is 35.9 Å². The van der Waals surface area contributed by atoms with Gasteiger partial charge in [0, 0.05) is 18.5 Å². The molecule has 4 rings (SSSR count). The topological polar surface area (TPSA) is 62.3 Å². The Labute approximate surface area is 227 Å². The van der Waals surface area contributed by atoms with E-state index < -0.39 is 40.4 Å². The number of pyridine rings is 1. The zero-order valence-corrected chi connectivity index (χ0v) is 22.2. The third-order valence-electron chi connectivity index (χ3n) is 7.03. The second kappa shape index (κ2) is 10.3. The van der Waals surface area contributed by atoms with Gasteiger partial charge in [0.2, 0.25) is 11.8 Å². The molecule has 0 unspecified atom stereocenters. The summed E-state index contributed by atoms with van der Waals surface area (Å²) in [5, 5.41) is 2.76. The van der Waals surface area contributed by atoms with Crippen LogP contribution in [-0.2, 0) is 27.4 Å². The summed E-state index contributed by atoms with van der Waals surface area (Å²) in [6.07, 6.45) is -7.18. The highest BCUT2D eigenvalue weighted by Crippen LogP contribution is 2.41. The van der Waals surface area contributed by atoms with Crippen molar-refractivity contribution in [3.05, 3.63) is 77.0 Å². The first kappa shape index (κ1) is 29.1. The van der Waals surface area contributed by atoms with Crippen molar-refractivity contribution in [3.63, 3.8) is 0 Å². The number of aromatic nitrogens is 1. The van der Waals surface area contributed by atoms with Crippen LogP contribution in [0.3, 0.4) is 0 Å². The quantitative estimate of drug-likeness (QED) is 0.318. The first-order chi connectivity index (χ1) is 18.5. The summed E-state index contributed by atoms with van der Waals surface area (Å²) >= 11 is 0. The minimum absolute atomic E-state index is 0.0304. The number of hydrogen-bond donors (Lipinski definition) is 1. The van der Waals surface area contributed by atoms with Gasteiger partial charge >= 0.3 is 12.4 Å². The number of alkyl halides is 6. The maximum atomic E-state index is 13.8. The lowest BCUT2D eigenvalue weighted by Crippen LogP contribution is -2.42. The molecule has 0 aliphatic heterocycles. The molecule has 1 fully saturated rings. The van der Waals surface area contributed by atoms with Gasteiger partial charge in [0.25, 0.3) is 0 Å². The largest absolute Gasteiger partial charge is 0.416 e. The zero-order valence-electron chi connectivity index (χ0n) is 22.2. The van der Waals surface area contributed by atoms with Crippen molar-refractivity contribution in [3.8, 4) is 11.1 Å². The molecule has 1 heterocycles. The number of aryl methyl sites for hydroxylation is 1. The molecule has 1 aliphatic carbocycles. The molecule has 0 bridgehead atoms. The summed E-state index contributed by atoms with van der Waals surface area (Å²) < 4.78 is 81.1. The molecule has 1 saturated carbocycles. The number of likely N-dealkylation sites (N-methyl/N-ethyl adjacent to an activating group) is 1. The first-order valence-electron chi connectivity index (χ1n) is 12.4. The van der Waals surface area contributed by atoms with Crippen molar-refractivity contribution >= 4 is 23.3 Å². The van der Waals surface area contributed by atoms with Crippen LogP contribution in [0.25, 0.3) is 11.1 Å². The van der Waals surface area contributed by atoms with E-state index >= 15 is 0 Å². The standard InChI is InChI=1S/C29H27F6N3O2/c1-16-7-5-6-8-21(16)22-14-24(37-25(39)17-9-10-17)36-15-23(22)38(4)26(40)27(2,3)18-11-19(28(30,31)32)13-20(12-18)29(33,34)35/h5-8,11-15,17H,9-10H2,1-4H3,(H,36,37,39). The molecule has 0 atom stereocenters. The van der Waals surface area contributed by atoms with Crippen LogP contribution < -0.4 is 10.2 Å². The monoisotopic (exact) mass is 563 g/mol. The van der Waals surface area contributed by atoms with E-state index in [1.54, 1.807) is 18.2 Å². The van der Waals surface area contributed by atoms with Crippen LogP contribution in [0.4, 0.5) is 37.8 Å².